The van der Waals surface area contributed by atoms with Crippen molar-refractivity contribution in [3.8, 4) is 5.75 Å². The van der Waals surface area contributed by atoms with Gasteiger partial charge in [0.2, 0.25) is 11.8 Å². The summed E-state index contributed by atoms with van der Waals surface area (Å²) in [5, 5.41) is 12.8. The Kier molecular flexibility index (Phi) is 13.6. The van der Waals surface area contributed by atoms with Gasteiger partial charge in [-0.25, -0.2) is 14.0 Å². The van der Waals surface area contributed by atoms with Crippen LogP contribution in [0.3, 0.4) is 0 Å². The lowest BCUT2D eigenvalue weighted by Gasteiger charge is -2.37. The van der Waals surface area contributed by atoms with Gasteiger partial charge in [-0.3, -0.25) is 14.5 Å². The van der Waals surface area contributed by atoms with Crippen LogP contribution in [0.4, 0.5) is 9.18 Å². The Morgan fingerprint density at radius 2 is 1.75 bits per heavy atom. The van der Waals surface area contributed by atoms with E-state index in [2.05, 4.69) is 5.32 Å². The summed E-state index contributed by atoms with van der Waals surface area (Å²) in [5.41, 5.74) is 6.23. The van der Waals surface area contributed by atoms with Gasteiger partial charge in [0.25, 0.3) is 0 Å². The Morgan fingerprint density at radius 1 is 1.10 bits per heavy atom. The lowest BCUT2D eigenvalue weighted by Crippen LogP contribution is -2.58. The molecule has 2 aromatic rings. The maximum Gasteiger partial charge on any atom is 0.411 e. The molecule has 2 aromatic carbocycles. The van der Waals surface area contributed by atoms with Crippen LogP contribution in [0.5, 0.6) is 5.75 Å². The number of aryl methyl sites for hydroxylation is 1. The highest BCUT2D eigenvalue weighted by atomic mass is 35.5. The molecule has 0 heterocycles. The Bertz CT molecular complexity index is 1430. The number of nitrogens with two attached hydrogens (primary N) is 1. The molecule has 1 aliphatic carbocycles. The summed E-state index contributed by atoms with van der Waals surface area (Å²) < 4.78 is 26.1. The van der Waals surface area contributed by atoms with E-state index in [-0.39, 0.29) is 18.9 Å². The number of nitrogens with zero attached hydrogens (tertiary/aromatic N) is 2. The lowest BCUT2D eigenvalue weighted by molar-refractivity contribution is -0.145. The minimum atomic E-state index is -1.25. The van der Waals surface area contributed by atoms with Gasteiger partial charge in [0.15, 0.2) is 0 Å². The van der Waals surface area contributed by atoms with Gasteiger partial charge in [0, 0.05) is 24.6 Å². The zero-order valence-electron chi connectivity index (χ0n) is 28.5. The fourth-order valence-corrected chi connectivity index (χ4v) is 5.34. The van der Waals surface area contributed by atoms with Crippen molar-refractivity contribution >= 4 is 35.5 Å². The van der Waals surface area contributed by atoms with Crippen molar-refractivity contribution in [1.82, 2.24) is 15.1 Å². The first-order valence-corrected chi connectivity index (χ1v) is 16.6. The molecule has 0 bridgehead atoms. The predicted molar refractivity (Wildman–Crippen MR) is 180 cm³/mol. The number of nitrogens with one attached hydrogen (secondary N) is 1. The molecular weight excluding hydrogens is 643 g/mol. The van der Waals surface area contributed by atoms with Gasteiger partial charge in [0.05, 0.1) is 6.54 Å². The minimum absolute atomic E-state index is 0.0108. The van der Waals surface area contributed by atoms with Crippen molar-refractivity contribution in [3.63, 3.8) is 0 Å². The third-order valence-corrected chi connectivity index (χ3v) is 8.27. The first-order valence-electron chi connectivity index (χ1n) is 16.2. The van der Waals surface area contributed by atoms with Crippen LogP contribution in [0, 0.1) is 11.7 Å². The van der Waals surface area contributed by atoms with Gasteiger partial charge < -0.3 is 30.5 Å². The van der Waals surface area contributed by atoms with Gasteiger partial charge in [0.1, 0.15) is 41.4 Å². The number of benzene rings is 2. The van der Waals surface area contributed by atoms with E-state index in [9.17, 15) is 28.7 Å². The Labute approximate surface area is 286 Å². The molecule has 1 saturated carbocycles. The highest BCUT2D eigenvalue weighted by Gasteiger charge is 2.46. The molecule has 48 heavy (non-hydrogen) atoms. The number of carbonyl (C=O) groups excluding carboxylic acids is 3. The minimum Gasteiger partial charge on any atom is -0.488 e. The lowest BCUT2D eigenvalue weighted by atomic mass is 10.0. The van der Waals surface area contributed by atoms with Crippen LogP contribution in [0.25, 0.3) is 0 Å². The third kappa shape index (κ3) is 11.4. The molecule has 4 atom stereocenters. The number of hydrogen-bond acceptors (Lipinski definition) is 7. The zero-order chi connectivity index (χ0) is 35.8. The molecule has 1 aliphatic rings. The van der Waals surface area contributed by atoms with E-state index in [4.69, 9.17) is 26.8 Å². The van der Waals surface area contributed by atoms with Crippen molar-refractivity contribution < 1.29 is 38.1 Å². The maximum atomic E-state index is 14.2. The first kappa shape index (κ1) is 38.5. The number of rotatable bonds is 16. The Balaban J connectivity index is 1.82. The number of carboxylic acid groups (broad SMARTS) is 1. The van der Waals surface area contributed by atoms with Gasteiger partial charge in [-0.2, -0.15) is 0 Å². The summed E-state index contributed by atoms with van der Waals surface area (Å²) in [6.45, 7) is 8.75. The zero-order valence-corrected chi connectivity index (χ0v) is 29.3. The van der Waals surface area contributed by atoms with Gasteiger partial charge in [-0.05, 0) is 102 Å². The fourth-order valence-electron chi connectivity index (χ4n) is 5.22. The molecule has 264 valence electrons. The largest absolute Gasteiger partial charge is 0.488 e. The van der Waals surface area contributed by atoms with E-state index in [0.717, 1.165) is 5.56 Å². The summed E-state index contributed by atoms with van der Waals surface area (Å²) in [5.74, 6) is -2.75. The highest BCUT2D eigenvalue weighted by Crippen LogP contribution is 2.37. The fraction of sp³-hybridized carbons (Fsp3) is 0.543. The number of likely N-dealkylation sites (N-methyl/N-ethyl adjacent to an activating group) is 1. The molecule has 4 N–H and O–H groups in total. The first-order chi connectivity index (χ1) is 22.5. The van der Waals surface area contributed by atoms with Crippen LogP contribution in [0.1, 0.15) is 65.0 Å². The molecule has 0 unspecified atom stereocenters. The number of halogens is 2. The standard InChI is InChI=1S/C35H48ClFN4O7/c1-21(47-29-19-27(37)16-13-24(29)8-7-17-38)20-41(34(46)48-35(3,4)5)30(25-11-12-25)32(43)40(6)22(2)31(42)39-28(33(44)45)18-23-9-14-26(36)15-10-23/h9-10,13-16,19,21-22,25,28,30H,7-8,11-12,17-18,20,38H2,1-6H3,(H,39,42)(H,44,45)/t21-,22-,28-,30+/m1/s1. The second-order valence-corrected chi connectivity index (χ2v) is 13.8. The van der Waals surface area contributed by atoms with E-state index in [1.165, 1.54) is 35.9 Å². The second-order valence-electron chi connectivity index (χ2n) is 13.3. The second kappa shape index (κ2) is 17.0. The van der Waals surface area contributed by atoms with Crippen LogP contribution in [0.2, 0.25) is 5.02 Å². The predicted octanol–water partition coefficient (Wildman–Crippen LogP) is 4.81. The van der Waals surface area contributed by atoms with Gasteiger partial charge in [-0.15, -0.1) is 0 Å². The number of amides is 3. The molecule has 1 fully saturated rings. The maximum absolute atomic E-state index is 14.2. The highest BCUT2D eigenvalue weighted by molar-refractivity contribution is 6.30. The molecule has 0 spiro atoms. The Morgan fingerprint density at radius 3 is 2.31 bits per heavy atom. The van der Waals surface area contributed by atoms with Crippen molar-refractivity contribution in [2.24, 2.45) is 11.7 Å². The molecule has 3 amide bonds. The van der Waals surface area contributed by atoms with Gasteiger partial charge >= 0.3 is 12.1 Å². The quantitative estimate of drug-likeness (QED) is 0.227. The number of ether oxygens (including phenoxy) is 2. The smallest absolute Gasteiger partial charge is 0.411 e. The molecule has 0 aliphatic heterocycles. The number of carboxylic acids is 1. The van der Waals surface area contributed by atoms with Crippen LogP contribution in [-0.4, -0.2) is 88.8 Å². The van der Waals surface area contributed by atoms with Gasteiger partial charge in [-0.1, -0.05) is 29.8 Å². The number of aliphatic carboxylic acids is 1. The molecule has 0 radical (unpaired) electrons. The molecule has 13 heteroatoms. The molecule has 3 rings (SSSR count). The normalized spacial score (nSPS) is 15.4. The third-order valence-electron chi connectivity index (χ3n) is 8.02. The van der Waals surface area contributed by atoms with E-state index in [1.54, 1.807) is 58.0 Å². The topological polar surface area (TPSA) is 152 Å². The SMILES string of the molecule is C[C@H](CN(C(=O)OC(C)(C)C)[C@H](C(=O)N(C)[C@H](C)C(=O)N[C@H](Cc1ccc(Cl)cc1)C(=O)O)C1CC1)Oc1cc(F)ccc1CCCN. The summed E-state index contributed by atoms with van der Waals surface area (Å²) in [4.78, 5) is 55.7. The average molecular weight is 691 g/mol. The summed E-state index contributed by atoms with van der Waals surface area (Å²) in [6, 6.07) is 7.58. The monoisotopic (exact) mass is 690 g/mol. The van der Waals surface area contributed by atoms with Crippen LogP contribution >= 0.6 is 11.6 Å². The van der Waals surface area contributed by atoms with Crippen LogP contribution in [-0.2, 0) is 32.0 Å². The van der Waals surface area contributed by atoms with Crippen molar-refractivity contribution in [3.05, 3.63) is 64.4 Å². The van der Waals surface area contributed by atoms with Crippen molar-refractivity contribution in [2.45, 2.75) is 96.6 Å². The summed E-state index contributed by atoms with van der Waals surface area (Å²) >= 11 is 5.94. The molecule has 0 aromatic heterocycles. The molecule has 0 saturated heterocycles. The van der Waals surface area contributed by atoms with Crippen LogP contribution < -0.4 is 15.8 Å². The summed E-state index contributed by atoms with van der Waals surface area (Å²) in [6.07, 6.45) is 1.20. The summed E-state index contributed by atoms with van der Waals surface area (Å²) in [7, 11) is 1.45. The molecule has 11 nitrogen and oxygen atoms in total. The van der Waals surface area contributed by atoms with E-state index in [1.807, 2.05) is 0 Å². The Hall–Kier alpha value is -3.90. The average Bonchev–Trinajstić information content (AvgIpc) is 3.84. The molecular formula is C35H48ClFN4O7. The van der Waals surface area contributed by atoms with Crippen molar-refractivity contribution in [2.75, 3.05) is 20.1 Å². The number of hydrogen-bond donors (Lipinski definition) is 3. The van der Waals surface area contributed by atoms with E-state index >= 15 is 0 Å². The van der Waals surface area contributed by atoms with Crippen molar-refractivity contribution in [1.29, 1.82) is 0 Å². The number of carbonyl (C=O) groups is 4. The van der Waals surface area contributed by atoms with Crippen LogP contribution in [0.15, 0.2) is 42.5 Å². The van der Waals surface area contributed by atoms with E-state index in [0.29, 0.717) is 48.6 Å². The van der Waals surface area contributed by atoms with E-state index < -0.39 is 59.5 Å².